The second kappa shape index (κ2) is 8.35. The number of thioether (sulfide) groups is 1. The topological polar surface area (TPSA) is 64.6 Å². The number of imidazole rings is 1. The number of fused-ring (bicyclic) bond motifs is 1. The Kier molecular flexibility index (Phi) is 5.90. The number of β-amino-alcohol motifs (C(OH)–C–C–N with tert-alkyl or cyclic N) is 1. The van der Waals surface area contributed by atoms with Crippen LogP contribution in [-0.2, 0) is 4.74 Å². The van der Waals surface area contributed by atoms with Crippen molar-refractivity contribution >= 4 is 40.1 Å². The van der Waals surface area contributed by atoms with E-state index in [1.54, 1.807) is 0 Å². The summed E-state index contributed by atoms with van der Waals surface area (Å²) in [5.74, 6) is 0. The number of aromatic amines is 1. The van der Waals surface area contributed by atoms with Crippen LogP contribution in [0.25, 0.3) is 11.0 Å². The van der Waals surface area contributed by atoms with Gasteiger partial charge in [0.05, 0.1) is 28.4 Å². The third-order valence-electron chi connectivity index (χ3n) is 5.10. The number of anilines is 1. The number of aliphatic hydroxyl groups is 1. The lowest BCUT2D eigenvalue weighted by atomic mass is 10.2. The molecule has 2 fully saturated rings. The smallest absolute Gasteiger partial charge is 0.166 e. The minimum Gasteiger partial charge on any atom is -0.395 e. The maximum Gasteiger partial charge on any atom is 0.166 e. The van der Waals surface area contributed by atoms with Crippen LogP contribution in [0.15, 0.2) is 17.3 Å². The summed E-state index contributed by atoms with van der Waals surface area (Å²) in [6, 6.07) is 4.09. The third-order valence-corrected chi connectivity index (χ3v) is 6.63. The number of rotatable bonds is 5. The summed E-state index contributed by atoms with van der Waals surface area (Å²) in [4.78, 5) is 12.8. The third kappa shape index (κ3) is 4.12. The Hall–Kier alpha value is -0.990. The van der Waals surface area contributed by atoms with Crippen molar-refractivity contribution in [2.24, 2.45) is 0 Å². The number of piperazine rings is 1. The number of aromatic nitrogens is 2. The van der Waals surface area contributed by atoms with Crippen molar-refractivity contribution < 1.29 is 9.84 Å². The summed E-state index contributed by atoms with van der Waals surface area (Å²) >= 11 is 8.38. The molecule has 2 aliphatic rings. The van der Waals surface area contributed by atoms with Gasteiger partial charge in [0.25, 0.3) is 0 Å². The number of nitrogens with zero attached hydrogens (tertiary/aromatic N) is 3. The summed E-state index contributed by atoms with van der Waals surface area (Å²) in [6.45, 7) is 6.37. The molecule has 0 amide bonds. The highest BCUT2D eigenvalue weighted by Crippen LogP contribution is 2.34. The molecule has 2 aliphatic heterocycles. The summed E-state index contributed by atoms with van der Waals surface area (Å²) in [5, 5.41) is 11.4. The molecule has 1 aromatic heterocycles. The zero-order valence-electron chi connectivity index (χ0n) is 14.8. The molecule has 2 aromatic rings. The second-order valence-corrected chi connectivity index (χ2v) is 8.54. The van der Waals surface area contributed by atoms with Gasteiger partial charge in [0.1, 0.15) is 0 Å². The van der Waals surface area contributed by atoms with Gasteiger partial charge in [-0.3, -0.25) is 4.90 Å². The van der Waals surface area contributed by atoms with E-state index in [1.807, 2.05) is 17.8 Å². The van der Waals surface area contributed by atoms with Crippen molar-refractivity contribution in [1.29, 1.82) is 0 Å². The van der Waals surface area contributed by atoms with Crippen LogP contribution >= 0.6 is 23.4 Å². The molecule has 3 heterocycles. The van der Waals surface area contributed by atoms with Gasteiger partial charge in [0, 0.05) is 51.2 Å². The standard InChI is InChI=1S/C18H25ClN4O2S/c19-14-11-15-16(21-18(20-15)26-13-1-9-25-10-2-13)12-17(14)23-5-3-22(4-6-23)7-8-24/h11-13,24H,1-10H2,(H,20,21). The highest BCUT2D eigenvalue weighted by atomic mass is 35.5. The number of H-pyrrole nitrogens is 1. The first-order chi connectivity index (χ1) is 12.7. The first kappa shape index (κ1) is 18.4. The van der Waals surface area contributed by atoms with Crippen LogP contribution in [0.2, 0.25) is 5.02 Å². The zero-order chi connectivity index (χ0) is 17.9. The summed E-state index contributed by atoms with van der Waals surface area (Å²) in [5.41, 5.74) is 3.01. The predicted octanol–water partition coefficient (Wildman–Crippen LogP) is 2.60. The molecule has 0 aliphatic carbocycles. The fourth-order valence-electron chi connectivity index (χ4n) is 3.60. The molecule has 0 bridgehead atoms. The number of ether oxygens (including phenoxy) is 1. The Labute approximate surface area is 162 Å². The first-order valence-electron chi connectivity index (χ1n) is 9.25. The lowest BCUT2D eigenvalue weighted by Crippen LogP contribution is -2.47. The van der Waals surface area contributed by atoms with E-state index in [0.29, 0.717) is 5.25 Å². The molecule has 2 saturated heterocycles. The van der Waals surface area contributed by atoms with E-state index in [0.717, 1.165) is 85.7 Å². The lowest BCUT2D eigenvalue weighted by Gasteiger charge is -2.36. The van der Waals surface area contributed by atoms with Gasteiger partial charge in [0.15, 0.2) is 5.16 Å². The van der Waals surface area contributed by atoms with E-state index >= 15 is 0 Å². The number of hydrogen-bond acceptors (Lipinski definition) is 6. The lowest BCUT2D eigenvalue weighted by molar-refractivity contribution is 0.1000. The van der Waals surface area contributed by atoms with Crippen molar-refractivity contribution in [1.82, 2.24) is 14.9 Å². The number of nitrogens with one attached hydrogen (secondary N) is 1. The molecule has 142 valence electrons. The molecule has 0 radical (unpaired) electrons. The average Bonchev–Trinajstić information content (AvgIpc) is 3.04. The van der Waals surface area contributed by atoms with Crippen molar-refractivity contribution in [3.8, 4) is 0 Å². The number of benzene rings is 1. The van der Waals surface area contributed by atoms with Crippen molar-refractivity contribution in [2.45, 2.75) is 23.2 Å². The molecule has 1 aromatic carbocycles. The fraction of sp³-hybridized carbons (Fsp3) is 0.611. The van der Waals surface area contributed by atoms with E-state index in [-0.39, 0.29) is 6.61 Å². The Morgan fingerprint density at radius 1 is 1.23 bits per heavy atom. The first-order valence-corrected chi connectivity index (χ1v) is 10.5. The molecule has 2 N–H and O–H groups in total. The normalized spacial score (nSPS) is 20.2. The summed E-state index contributed by atoms with van der Waals surface area (Å²) in [7, 11) is 0. The maximum absolute atomic E-state index is 9.09. The van der Waals surface area contributed by atoms with Crippen molar-refractivity contribution in [3.05, 3.63) is 17.2 Å². The van der Waals surface area contributed by atoms with Gasteiger partial charge in [-0.25, -0.2) is 4.98 Å². The fourth-order valence-corrected chi connectivity index (χ4v) is 4.95. The van der Waals surface area contributed by atoms with Crippen LogP contribution in [0.4, 0.5) is 5.69 Å². The van der Waals surface area contributed by atoms with Crippen molar-refractivity contribution in [3.63, 3.8) is 0 Å². The molecule has 0 unspecified atom stereocenters. The predicted molar refractivity (Wildman–Crippen MR) is 107 cm³/mol. The molecule has 4 rings (SSSR count). The largest absolute Gasteiger partial charge is 0.395 e. The Morgan fingerprint density at radius 3 is 2.73 bits per heavy atom. The quantitative estimate of drug-likeness (QED) is 0.809. The van der Waals surface area contributed by atoms with Crippen LogP contribution in [0.3, 0.4) is 0 Å². The van der Waals surface area contributed by atoms with Crippen LogP contribution in [0.1, 0.15) is 12.8 Å². The molecule has 6 nitrogen and oxygen atoms in total. The van der Waals surface area contributed by atoms with Crippen LogP contribution in [0, 0.1) is 0 Å². The number of hydrogen-bond donors (Lipinski definition) is 2. The highest BCUT2D eigenvalue weighted by molar-refractivity contribution is 7.99. The molecule has 0 atom stereocenters. The van der Waals surface area contributed by atoms with Gasteiger partial charge in [-0.15, -0.1) is 0 Å². The molecular weight excluding hydrogens is 372 g/mol. The highest BCUT2D eigenvalue weighted by Gasteiger charge is 2.21. The Balaban J connectivity index is 1.49. The monoisotopic (exact) mass is 396 g/mol. The number of aliphatic hydroxyl groups excluding tert-OH is 1. The van der Waals surface area contributed by atoms with E-state index in [2.05, 4.69) is 20.9 Å². The van der Waals surface area contributed by atoms with Gasteiger partial charge >= 0.3 is 0 Å². The van der Waals surface area contributed by atoms with E-state index in [4.69, 9.17) is 26.4 Å². The van der Waals surface area contributed by atoms with E-state index in [1.165, 1.54) is 0 Å². The van der Waals surface area contributed by atoms with Crippen LogP contribution in [0.5, 0.6) is 0 Å². The van der Waals surface area contributed by atoms with Gasteiger partial charge in [-0.2, -0.15) is 0 Å². The van der Waals surface area contributed by atoms with Crippen molar-refractivity contribution in [2.75, 3.05) is 57.4 Å². The summed E-state index contributed by atoms with van der Waals surface area (Å²) < 4.78 is 5.43. The van der Waals surface area contributed by atoms with Crippen LogP contribution < -0.4 is 4.90 Å². The Bertz CT molecular complexity index is 742. The SMILES string of the molecule is OCCN1CCN(c2cc3nc(SC4CCOCC4)[nH]c3cc2Cl)CC1. The second-order valence-electron chi connectivity index (χ2n) is 6.84. The maximum atomic E-state index is 9.09. The number of halogens is 1. The van der Waals surface area contributed by atoms with Gasteiger partial charge in [-0.1, -0.05) is 23.4 Å². The Morgan fingerprint density at radius 2 is 2.00 bits per heavy atom. The van der Waals surface area contributed by atoms with Gasteiger partial charge in [0.2, 0.25) is 0 Å². The zero-order valence-corrected chi connectivity index (χ0v) is 16.4. The van der Waals surface area contributed by atoms with E-state index < -0.39 is 0 Å². The minimum atomic E-state index is 0.216. The van der Waals surface area contributed by atoms with Crippen LogP contribution in [-0.4, -0.2) is 77.8 Å². The molecule has 0 spiro atoms. The molecule has 26 heavy (non-hydrogen) atoms. The van der Waals surface area contributed by atoms with Gasteiger partial charge < -0.3 is 19.7 Å². The average molecular weight is 397 g/mol. The van der Waals surface area contributed by atoms with E-state index in [9.17, 15) is 0 Å². The minimum absolute atomic E-state index is 0.216. The molecule has 0 saturated carbocycles. The van der Waals surface area contributed by atoms with Gasteiger partial charge in [-0.05, 0) is 25.0 Å². The molecule has 8 heteroatoms. The molecular formula is C18H25ClN4O2S. The summed E-state index contributed by atoms with van der Waals surface area (Å²) in [6.07, 6.45) is 2.15.